The van der Waals surface area contributed by atoms with E-state index in [4.69, 9.17) is 11.6 Å². The Hall–Kier alpha value is -3.63. The molecule has 3 aliphatic heterocycles. The molecule has 4 heterocycles. The van der Waals surface area contributed by atoms with E-state index < -0.39 is 23.2 Å². The van der Waals surface area contributed by atoms with E-state index in [2.05, 4.69) is 9.88 Å². The number of hydrogen-bond acceptors (Lipinski definition) is 5. The van der Waals surface area contributed by atoms with Gasteiger partial charge in [-0.15, -0.1) is 0 Å². The Balaban J connectivity index is 1.00. The first-order valence-electron chi connectivity index (χ1n) is 15.4. The van der Waals surface area contributed by atoms with Crippen LogP contribution in [0.25, 0.3) is 0 Å². The number of hydrogen-bond donors (Lipinski definition) is 1. The maximum Gasteiger partial charge on any atom is 0.430 e. The molecule has 2 amide bonds. The van der Waals surface area contributed by atoms with Gasteiger partial charge in [-0.2, -0.15) is 13.2 Å². The number of aliphatic hydroxyl groups is 1. The van der Waals surface area contributed by atoms with Crippen molar-refractivity contribution in [3.05, 3.63) is 94.8 Å². The normalized spacial score (nSPS) is 20.1. The number of amides is 2. The van der Waals surface area contributed by atoms with Crippen molar-refractivity contribution in [2.75, 3.05) is 44.2 Å². The summed E-state index contributed by atoms with van der Waals surface area (Å²) in [7, 11) is 0. The summed E-state index contributed by atoms with van der Waals surface area (Å²) < 4.78 is 42.1. The van der Waals surface area contributed by atoms with E-state index in [1.807, 2.05) is 30.5 Å². The third-order valence-corrected chi connectivity index (χ3v) is 10.1. The molecule has 3 saturated heterocycles. The molecule has 45 heavy (non-hydrogen) atoms. The molecule has 1 atom stereocenters. The summed E-state index contributed by atoms with van der Waals surface area (Å²) in [6.45, 7) is 3.24. The highest BCUT2D eigenvalue weighted by molar-refractivity contribution is 6.34. The number of carbonyl (C=O) groups is 2. The van der Waals surface area contributed by atoms with Crippen molar-refractivity contribution in [1.82, 2.24) is 14.8 Å². The van der Waals surface area contributed by atoms with Gasteiger partial charge in [0.2, 0.25) is 0 Å². The number of halogens is 4. The number of pyridine rings is 1. The molecular weight excluding hydrogens is 605 g/mol. The maximum absolute atomic E-state index is 14.0. The van der Waals surface area contributed by atoms with Crippen molar-refractivity contribution < 1.29 is 27.9 Å². The molecule has 0 radical (unpaired) electrons. The second-order valence-corrected chi connectivity index (χ2v) is 12.8. The van der Waals surface area contributed by atoms with Crippen molar-refractivity contribution in [3.63, 3.8) is 0 Å². The number of piperidine rings is 2. The molecular formula is C34H36ClF3N4O3. The van der Waals surface area contributed by atoms with E-state index in [1.54, 1.807) is 23.2 Å². The third kappa shape index (κ3) is 6.14. The number of likely N-dealkylation sites (tertiary alicyclic amines) is 2. The summed E-state index contributed by atoms with van der Waals surface area (Å²) in [5.74, 6) is -0.414. The Morgan fingerprint density at radius 3 is 2.07 bits per heavy atom. The first kappa shape index (κ1) is 31.4. The fourth-order valence-electron chi connectivity index (χ4n) is 7.04. The summed E-state index contributed by atoms with van der Waals surface area (Å²) in [6.07, 6.45) is 1.46. The summed E-state index contributed by atoms with van der Waals surface area (Å²) in [4.78, 5) is 35.6. The minimum atomic E-state index is -5.14. The van der Waals surface area contributed by atoms with Gasteiger partial charge >= 0.3 is 6.18 Å². The lowest BCUT2D eigenvalue weighted by Crippen LogP contribution is -2.57. The largest absolute Gasteiger partial charge is 0.430 e. The fourth-order valence-corrected chi connectivity index (χ4v) is 7.29. The van der Waals surface area contributed by atoms with E-state index in [-0.39, 0.29) is 24.9 Å². The third-order valence-electron chi connectivity index (χ3n) is 9.82. The van der Waals surface area contributed by atoms with Crippen LogP contribution in [0.1, 0.15) is 53.1 Å². The number of aromatic nitrogens is 1. The van der Waals surface area contributed by atoms with Gasteiger partial charge in [-0.25, -0.2) is 0 Å². The Morgan fingerprint density at radius 1 is 0.844 bits per heavy atom. The van der Waals surface area contributed by atoms with Crippen LogP contribution in [0.15, 0.2) is 73.1 Å². The molecule has 1 unspecified atom stereocenters. The Morgan fingerprint density at radius 2 is 1.49 bits per heavy atom. The molecule has 0 aliphatic carbocycles. The van der Waals surface area contributed by atoms with Crippen molar-refractivity contribution >= 4 is 29.1 Å². The predicted molar refractivity (Wildman–Crippen MR) is 165 cm³/mol. The van der Waals surface area contributed by atoms with Gasteiger partial charge in [-0.3, -0.25) is 14.6 Å². The van der Waals surface area contributed by atoms with Crippen LogP contribution in [-0.4, -0.2) is 77.1 Å². The fraction of sp³-hybridized carbons (Fsp3) is 0.441. The van der Waals surface area contributed by atoms with E-state index >= 15 is 0 Å². The second-order valence-electron chi connectivity index (χ2n) is 12.4. The number of carbonyl (C=O) groups excluding carboxylic acids is 2. The van der Waals surface area contributed by atoms with Gasteiger partial charge in [-0.1, -0.05) is 48.0 Å². The number of anilines is 1. The van der Waals surface area contributed by atoms with Crippen LogP contribution in [0.4, 0.5) is 18.9 Å². The first-order valence-corrected chi connectivity index (χ1v) is 15.8. The number of alkyl halides is 3. The lowest BCUT2D eigenvalue weighted by atomic mass is 9.78. The molecule has 7 nitrogen and oxygen atoms in total. The molecule has 1 N–H and O–H groups in total. The highest BCUT2D eigenvalue weighted by Gasteiger charge is 2.62. The SMILES string of the molecule is O=C(c1ccc(N2CCC(C3CCN(C(=O)C(O)(c4ccccc4)C(F)(F)F)CC3)CC2)cc1Cl)N1CC(c2cccnc2)C1. The maximum atomic E-state index is 14.0. The first-order chi connectivity index (χ1) is 21.6. The minimum absolute atomic E-state index is 0.0762. The summed E-state index contributed by atoms with van der Waals surface area (Å²) in [6, 6.07) is 16.1. The van der Waals surface area contributed by atoms with Crippen molar-refractivity contribution in [2.24, 2.45) is 11.8 Å². The molecule has 0 saturated carbocycles. The van der Waals surface area contributed by atoms with Crippen LogP contribution in [0.3, 0.4) is 0 Å². The molecule has 1 aromatic heterocycles. The number of rotatable bonds is 6. The summed E-state index contributed by atoms with van der Waals surface area (Å²) >= 11 is 6.61. The summed E-state index contributed by atoms with van der Waals surface area (Å²) in [5.41, 5.74) is -1.46. The second kappa shape index (κ2) is 12.6. The molecule has 0 spiro atoms. The zero-order valence-electron chi connectivity index (χ0n) is 24.8. The average Bonchev–Trinajstić information content (AvgIpc) is 3.04. The predicted octanol–water partition coefficient (Wildman–Crippen LogP) is 5.88. The van der Waals surface area contributed by atoms with Crippen LogP contribution >= 0.6 is 11.6 Å². The van der Waals surface area contributed by atoms with E-state index in [9.17, 15) is 27.9 Å². The zero-order chi connectivity index (χ0) is 31.8. The average molecular weight is 641 g/mol. The Labute approximate surface area is 265 Å². The molecule has 2 aromatic carbocycles. The van der Waals surface area contributed by atoms with E-state index in [0.29, 0.717) is 48.4 Å². The van der Waals surface area contributed by atoms with Gasteiger partial charge in [-0.05, 0) is 67.3 Å². The van der Waals surface area contributed by atoms with Gasteiger partial charge < -0.3 is 19.8 Å². The Kier molecular flexibility index (Phi) is 8.81. The van der Waals surface area contributed by atoms with Crippen molar-refractivity contribution in [3.8, 4) is 0 Å². The lowest BCUT2D eigenvalue weighted by molar-refractivity contribution is -0.262. The number of nitrogens with zero attached hydrogens (tertiary/aromatic N) is 4. The minimum Gasteiger partial charge on any atom is -0.371 e. The van der Waals surface area contributed by atoms with Crippen LogP contribution < -0.4 is 4.90 Å². The van der Waals surface area contributed by atoms with E-state index in [0.717, 1.165) is 54.2 Å². The standard InChI is InChI=1S/C34H36ClF3N4O3/c35-30-19-28(8-9-29(30)31(43)42-21-26(22-42)25-5-4-14-39-20-25)40-15-10-23(11-16-40)24-12-17-41(18-13-24)32(44)33(45,34(36,37)38)27-6-2-1-3-7-27/h1-9,14,19-20,23-24,26,45H,10-13,15-18,21-22H2. The molecule has 0 bridgehead atoms. The van der Waals surface area contributed by atoms with Crippen LogP contribution in [0, 0.1) is 11.8 Å². The highest BCUT2D eigenvalue weighted by Crippen LogP contribution is 2.42. The Bertz CT molecular complexity index is 1500. The van der Waals surface area contributed by atoms with Crippen LogP contribution in [0.2, 0.25) is 5.02 Å². The molecule has 6 rings (SSSR count). The molecule has 11 heteroatoms. The van der Waals surface area contributed by atoms with Gasteiger partial charge in [0, 0.05) is 68.8 Å². The quantitative estimate of drug-likeness (QED) is 0.364. The van der Waals surface area contributed by atoms with Gasteiger partial charge in [0.1, 0.15) is 0 Å². The van der Waals surface area contributed by atoms with E-state index in [1.165, 1.54) is 12.1 Å². The molecule has 3 aliphatic rings. The smallest absolute Gasteiger partial charge is 0.371 e. The van der Waals surface area contributed by atoms with Gasteiger partial charge in [0.25, 0.3) is 17.4 Å². The highest BCUT2D eigenvalue weighted by atomic mass is 35.5. The molecule has 238 valence electrons. The van der Waals surface area contributed by atoms with Crippen LogP contribution in [0.5, 0.6) is 0 Å². The van der Waals surface area contributed by atoms with Crippen molar-refractivity contribution in [2.45, 2.75) is 43.4 Å². The summed E-state index contributed by atoms with van der Waals surface area (Å²) in [5, 5.41) is 11.1. The van der Waals surface area contributed by atoms with Crippen molar-refractivity contribution in [1.29, 1.82) is 0 Å². The zero-order valence-corrected chi connectivity index (χ0v) is 25.6. The molecule has 3 aromatic rings. The number of benzene rings is 2. The monoisotopic (exact) mass is 640 g/mol. The van der Waals surface area contributed by atoms with Crippen LogP contribution in [-0.2, 0) is 10.4 Å². The molecule has 3 fully saturated rings. The van der Waals surface area contributed by atoms with Gasteiger partial charge in [0.05, 0.1) is 10.6 Å². The topological polar surface area (TPSA) is 77.0 Å². The lowest BCUT2D eigenvalue weighted by Gasteiger charge is -2.42. The van der Waals surface area contributed by atoms with Gasteiger partial charge in [0.15, 0.2) is 0 Å².